The van der Waals surface area contributed by atoms with Gasteiger partial charge in [-0.2, -0.15) is 0 Å². The molecule has 4 heteroatoms. The first-order chi connectivity index (χ1) is 7.59. The molecule has 84 valence electrons. The Hall–Kier alpha value is -2.02. The van der Waals surface area contributed by atoms with E-state index in [9.17, 15) is 9.18 Å². The minimum atomic E-state index is -0.361. The van der Waals surface area contributed by atoms with Gasteiger partial charge in [0, 0.05) is 25.6 Å². The summed E-state index contributed by atoms with van der Waals surface area (Å²) in [7, 11) is 0. The fourth-order valence-corrected chi connectivity index (χ4v) is 1.10. The van der Waals surface area contributed by atoms with Gasteiger partial charge >= 0.3 is 0 Å². The van der Waals surface area contributed by atoms with Crippen LogP contribution in [0.2, 0.25) is 0 Å². The lowest BCUT2D eigenvalue weighted by atomic mass is 10.2. The van der Waals surface area contributed by atoms with Crippen molar-refractivity contribution in [1.29, 1.82) is 0 Å². The number of amides is 1. The number of halogens is 1. The summed E-state index contributed by atoms with van der Waals surface area (Å²) in [5.74, 6) is 5.12. The van der Waals surface area contributed by atoms with E-state index in [4.69, 9.17) is 5.73 Å². The van der Waals surface area contributed by atoms with Crippen LogP contribution in [0.25, 0.3) is 0 Å². The van der Waals surface area contributed by atoms with Crippen LogP contribution in [0, 0.1) is 17.7 Å². The Balaban J connectivity index is 2.56. The third-order valence-corrected chi connectivity index (χ3v) is 1.86. The number of anilines is 1. The summed E-state index contributed by atoms with van der Waals surface area (Å²) in [5.41, 5.74) is 6.54. The maximum absolute atomic E-state index is 12.8. The zero-order valence-electron chi connectivity index (χ0n) is 9.01. The van der Waals surface area contributed by atoms with Gasteiger partial charge in [0.15, 0.2) is 0 Å². The summed E-state index contributed by atoms with van der Waals surface area (Å²) in [6.45, 7) is 1.93. The fraction of sp³-hybridized carbons (Fsp3) is 0.250. The average molecular weight is 220 g/mol. The molecule has 0 fully saturated rings. The normalized spacial score (nSPS) is 9.12. The van der Waals surface area contributed by atoms with E-state index < -0.39 is 0 Å². The molecule has 0 unspecified atom stereocenters. The quantitative estimate of drug-likeness (QED) is 0.448. The van der Waals surface area contributed by atoms with Crippen LogP contribution in [0.1, 0.15) is 18.9 Å². The summed E-state index contributed by atoms with van der Waals surface area (Å²) >= 11 is 0. The number of benzene rings is 1. The number of hydrogen-bond donors (Lipinski definition) is 2. The molecule has 0 bridgehead atoms. The minimum Gasteiger partial charge on any atom is -0.398 e. The molecule has 0 atom stereocenters. The number of nitrogens with two attached hydrogens (primary N) is 1. The molecule has 0 aliphatic rings. The molecule has 1 rings (SSSR count). The first-order valence-corrected chi connectivity index (χ1v) is 4.88. The van der Waals surface area contributed by atoms with Crippen molar-refractivity contribution in [3.63, 3.8) is 0 Å². The largest absolute Gasteiger partial charge is 0.398 e. The van der Waals surface area contributed by atoms with Crippen molar-refractivity contribution >= 4 is 11.6 Å². The summed E-state index contributed by atoms with van der Waals surface area (Å²) < 4.78 is 12.8. The highest BCUT2D eigenvalue weighted by Gasteiger charge is 1.96. The summed E-state index contributed by atoms with van der Waals surface area (Å²) in [5, 5.41) is 2.61. The van der Waals surface area contributed by atoms with Gasteiger partial charge in [0.05, 0.1) is 5.56 Å². The molecule has 0 aliphatic heterocycles. The van der Waals surface area contributed by atoms with E-state index in [1.807, 2.05) is 0 Å². The maximum atomic E-state index is 12.8. The first-order valence-electron chi connectivity index (χ1n) is 4.88. The number of nitrogen functional groups attached to an aromatic ring is 1. The number of carbonyl (C=O) groups excluding carboxylic acids is 1. The second-order valence-corrected chi connectivity index (χ2v) is 3.27. The van der Waals surface area contributed by atoms with Gasteiger partial charge in [-0.05, 0) is 18.2 Å². The Morgan fingerprint density at radius 1 is 1.56 bits per heavy atom. The van der Waals surface area contributed by atoms with Gasteiger partial charge in [0.2, 0.25) is 5.91 Å². The molecular weight excluding hydrogens is 207 g/mol. The lowest BCUT2D eigenvalue weighted by Gasteiger charge is -1.97. The predicted molar refractivity (Wildman–Crippen MR) is 61.0 cm³/mol. The lowest BCUT2D eigenvalue weighted by molar-refractivity contribution is -0.118. The molecule has 0 saturated carbocycles. The molecule has 16 heavy (non-hydrogen) atoms. The van der Waals surface area contributed by atoms with E-state index in [0.717, 1.165) is 0 Å². The van der Waals surface area contributed by atoms with E-state index in [1.54, 1.807) is 0 Å². The summed E-state index contributed by atoms with van der Waals surface area (Å²) in [6, 6.07) is 4.06. The van der Waals surface area contributed by atoms with Gasteiger partial charge in [-0.25, -0.2) is 4.39 Å². The maximum Gasteiger partial charge on any atom is 0.216 e. The van der Waals surface area contributed by atoms with Crippen molar-refractivity contribution in [2.45, 2.75) is 13.3 Å². The fourth-order valence-electron chi connectivity index (χ4n) is 1.10. The lowest BCUT2D eigenvalue weighted by Crippen LogP contribution is -2.20. The second kappa shape index (κ2) is 5.76. The zero-order valence-corrected chi connectivity index (χ0v) is 9.01. The highest BCUT2D eigenvalue weighted by atomic mass is 19.1. The molecule has 0 heterocycles. The van der Waals surface area contributed by atoms with Crippen LogP contribution in [-0.4, -0.2) is 12.5 Å². The smallest absolute Gasteiger partial charge is 0.216 e. The van der Waals surface area contributed by atoms with E-state index in [1.165, 1.54) is 25.1 Å². The van der Waals surface area contributed by atoms with Crippen LogP contribution >= 0.6 is 0 Å². The van der Waals surface area contributed by atoms with Crippen LogP contribution < -0.4 is 11.1 Å². The van der Waals surface area contributed by atoms with Crippen molar-refractivity contribution < 1.29 is 9.18 Å². The Kier molecular flexibility index (Phi) is 4.34. The molecule has 3 nitrogen and oxygen atoms in total. The van der Waals surface area contributed by atoms with E-state index in [0.29, 0.717) is 24.2 Å². The van der Waals surface area contributed by atoms with Crippen molar-refractivity contribution in [2.75, 3.05) is 12.3 Å². The number of nitrogens with one attached hydrogen (secondary N) is 1. The number of carbonyl (C=O) groups is 1. The summed E-state index contributed by atoms with van der Waals surface area (Å²) in [4.78, 5) is 10.5. The molecule has 0 saturated heterocycles. The van der Waals surface area contributed by atoms with Gasteiger partial charge in [-0.3, -0.25) is 4.79 Å². The Labute approximate surface area is 93.8 Å². The van der Waals surface area contributed by atoms with Crippen molar-refractivity contribution in [3.8, 4) is 11.8 Å². The van der Waals surface area contributed by atoms with E-state index in [2.05, 4.69) is 17.2 Å². The molecule has 0 radical (unpaired) electrons. The third-order valence-electron chi connectivity index (χ3n) is 1.86. The molecular formula is C12H13FN2O. The molecule has 0 aliphatic carbocycles. The van der Waals surface area contributed by atoms with Gasteiger partial charge in [0.1, 0.15) is 5.82 Å². The molecule has 0 spiro atoms. The van der Waals surface area contributed by atoms with Gasteiger partial charge in [-0.1, -0.05) is 11.8 Å². The van der Waals surface area contributed by atoms with E-state index >= 15 is 0 Å². The van der Waals surface area contributed by atoms with Gasteiger partial charge in [0.25, 0.3) is 0 Å². The first kappa shape index (κ1) is 12.1. The molecule has 0 aromatic heterocycles. The predicted octanol–water partition coefficient (Wildman–Crippen LogP) is 1.29. The van der Waals surface area contributed by atoms with Crippen LogP contribution in [0.5, 0.6) is 0 Å². The van der Waals surface area contributed by atoms with Crippen LogP contribution in [0.3, 0.4) is 0 Å². The Morgan fingerprint density at radius 3 is 3.00 bits per heavy atom. The Bertz CT molecular complexity index is 446. The van der Waals surface area contributed by atoms with E-state index in [-0.39, 0.29) is 11.7 Å². The average Bonchev–Trinajstić information content (AvgIpc) is 2.22. The monoisotopic (exact) mass is 220 g/mol. The molecule has 1 aromatic rings. The van der Waals surface area contributed by atoms with Crippen LogP contribution in [-0.2, 0) is 4.79 Å². The third kappa shape index (κ3) is 4.01. The SMILES string of the molecule is CC(=O)NCCC#Cc1cc(F)ccc1N. The van der Waals surface area contributed by atoms with Gasteiger partial charge in [-0.15, -0.1) is 0 Å². The zero-order chi connectivity index (χ0) is 12.0. The van der Waals surface area contributed by atoms with Crippen LogP contribution in [0.15, 0.2) is 18.2 Å². The van der Waals surface area contributed by atoms with Crippen molar-refractivity contribution in [2.24, 2.45) is 0 Å². The van der Waals surface area contributed by atoms with Gasteiger partial charge < -0.3 is 11.1 Å². The van der Waals surface area contributed by atoms with Crippen molar-refractivity contribution in [3.05, 3.63) is 29.6 Å². The number of hydrogen-bond acceptors (Lipinski definition) is 2. The Morgan fingerprint density at radius 2 is 2.31 bits per heavy atom. The highest BCUT2D eigenvalue weighted by Crippen LogP contribution is 2.11. The van der Waals surface area contributed by atoms with Crippen LogP contribution in [0.4, 0.5) is 10.1 Å². The van der Waals surface area contributed by atoms with Crippen molar-refractivity contribution in [1.82, 2.24) is 5.32 Å². The number of rotatable bonds is 2. The topological polar surface area (TPSA) is 55.1 Å². The molecule has 3 N–H and O–H groups in total. The highest BCUT2D eigenvalue weighted by molar-refractivity contribution is 5.72. The second-order valence-electron chi connectivity index (χ2n) is 3.27. The molecule has 1 amide bonds. The molecule has 1 aromatic carbocycles. The summed E-state index contributed by atoms with van der Waals surface area (Å²) in [6.07, 6.45) is 0.509. The minimum absolute atomic E-state index is 0.0907. The standard InChI is InChI=1S/C12H13FN2O/c1-9(16)15-7-3-2-4-10-8-11(13)5-6-12(10)14/h5-6,8H,3,7,14H2,1H3,(H,15,16).